The summed E-state index contributed by atoms with van der Waals surface area (Å²) >= 11 is 0. The van der Waals surface area contributed by atoms with E-state index in [1.165, 1.54) is 54.2 Å². The van der Waals surface area contributed by atoms with Crippen LogP contribution in [0.1, 0.15) is 0 Å². The first kappa shape index (κ1) is 26.0. The molecule has 0 aliphatic rings. The van der Waals surface area contributed by atoms with Gasteiger partial charge in [-0.1, -0.05) is 140 Å². The molecule has 218 valence electrons. The average Bonchev–Trinajstić information content (AvgIpc) is 3.49. The lowest BCUT2D eigenvalue weighted by Gasteiger charge is -2.13. The van der Waals surface area contributed by atoms with E-state index >= 15 is 0 Å². The molecular weight excluding hydrogens is 571 g/mol. The van der Waals surface area contributed by atoms with Crippen molar-refractivity contribution in [3.05, 3.63) is 164 Å². The Morgan fingerprint density at radius 1 is 0.340 bits per heavy atom. The molecule has 0 spiro atoms. The highest BCUT2D eigenvalue weighted by atomic mass is 15.2. The van der Waals surface area contributed by atoms with Gasteiger partial charge in [0.2, 0.25) is 5.95 Å². The van der Waals surface area contributed by atoms with Crippen molar-refractivity contribution in [1.82, 2.24) is 14.5 Å². The van der Waals surface area contributed by atoms with Crippen molar-refractivity contribution >= 4 is 54.1 Å². The van der Waals surface area contributed by atoms with Crippen molar-refractivity contribution in [1.29, 1.82) is 0 Å². The maximum Gasteiger partial charge on any atom is 0.235 e. The van der Waals surface area contributed by atoms with Crippen molar-refractivity contribution in [3.8, 4) is 39.6 Å². The normalized spacial score (nSPS) is 11.8. The topological polar surface area (TPSA) is 30.7 Å². The lowest BCUT2D eigenvalue weighted by atomic mass is 9.89. The molecule has 0 fully saturated rings. The monoisotopic (exact) mass is 597 g/mol. The molecule has 0 bridgehead atoms. The molecule has 8 aromatic carbocycles. The minimum atomic E-state index is 0.661. The van der Waals surface area contributed by atoms with E-state index < -0.39 is 0 Å². The molecule has 47 heavy (non-hydrogen) atoms. The van der Waals surface area contributed by atoms with Crippen LogP contribution in [0.15, 0.2) is 164 Å². The number of hydrogen-bond acceptors (Lipinski definition) is 2. The largest absolute Gasteiger partial charge is 0.278 e. The van der Waals surface area contributed by atoms with E-state index in [-0.39, 0.29) is 0 Å². The molecule has 10 aromatic rings. The van der Waals surface area contributed by atoms with E-state index in [0.29, 0.717) is 5.95 Å². The summed E-state index contributed by atoms with van der Waals surface area (Å²) in [6, 6.07) is 58.3. The maximum atomic E-state index is 5.30. The fourth-order valence-electron chi connectivity index (χ4n) is 7.45. The number of fused-ring (bicyclic) bond motifs is 5. The van der Waals surface area contributed by atoms with Gasteiger partial charge in [0.15, 0.2) is 0 Å². The Hall–Kier alpha value is -6.32. The van der Waals surface area contributed by atoms with Crippen molar-refractivity contribution < 1.29 is 0 Å². The third kappa shape index (κ3) is 3.93. The highest BCUT2D eigenvalue weighted by molar-refractivity contribution is 6.38. The van der Waals surface area contributed by atoms with Gasteiger partial charge < -0.3 is 0 Å². The Labute approximate surface area is 271 Å². The maximum absolute atomic E-state index is 5.30. The first-order valence-electron chi connectivity index (χ1n) is 16.0. The fraction of sp³-hybridized carbons (Fsp3) is 0. The Bertz CT molecular complexity index is 2710. The van der Waals surface area contributed by atoms with Gasteiger partial charge in [0.25, 0.3) is 0 Å². The first-order valence-corrected chi connectivity index (χ1v) is 16.0. The minimum absolute atomic E-state index is 0.661. The Morgan fingerprint density at radius 2 is 0.936 bits per heavy atom. The molecule has 3 heteroatoms. The molecule has 0 saturated carbocycles. The smallest absolute Gasteiger partial charge is 0.235 e. The first-order chi connectivity index (χ1) is 23.3. The summed E-state index contributed by atoms with van der Waals surface area (Å²) in [7, 11) is 0. The highest BCUT2D eigenvalue weighted by Gasteiger charge is 2.23. The van der Waals surface area contributed by atoms with Crippen molar-refractivity contribution in [2.45, 2.75) is 0 Å². The summed E-state index contributed by atoms with van der Waals surface area (Å²) in [5.41, 5.74) is 8.46. The van der Waals surface area contributed by atoms with Crippen LogP contribution < -0.4 is 0 Å². The third-order valence-corrected chi connectivity index (χ3v) is 9.54. The molecule has 0 radical (unpaired) electrons. The number of rotatable bonds is 4. The highest BCUT2D eigenvalue weighted by Crippen LogP contribution is 2.47. The number of hydrogen-bond donors (Lipinski definition) is 0. The number of nitrogens with zero attached hydrogens (tertiary/aromatic N) is 3. The Balaban J connectivity index is 1.40. The standard InChI is InChI=1S/C44H27N3/c1-4-13-28(14-5-1)32-25-36-34-24-23-29-15-10-11-20-33(29)41(34)35-21-12-22-39-42(35)43(36)40(26-32)47(39)44-45-37(30-16-6-2-7-17-30)27-38(46-44)31-18-8-3-9-19-31/h1-27H. The van der Waals surface area contributed by atoms with Gasteiger partial charge in [-0.15, -0.1) is 0 Å². The number of benzene rings is 8. The van der Waals surface area contributed by atoms with Gasteiger partial charge >= 0.3 is 0 Å². The van der Waals surface area contributed by atoms with Crippen molar-refractivity contribution in [2.75, 3.05) is 0 Å². The predicted octanol–water partition coefficient (Wildman–Crippen LogP) is 11.5. The SMILES string of the molecule is c1ccc(-c2cc3c4ccc5ccccc5c4c4cccc5c4c3c(c2)n5-c2nc(-c3ccccc3)cc(-c3ccccc3)n2)cc1. The second kappa shape index (κ2) is 10.1. The van der Waals surface area contributed by atoms with Crippen LogP contribution in [0, 0.1) is 0 Å². The molecule has 0 amide bonds. The molecule has 2 heterocycles. The summed E-state index contributed by atoms with van der Waals surface area (Å²) in [4.78, 5) is 10.6. The van der Waals surface area contributed by atoms with Crippen molar-refractivity contribution in [2.24, 2.45) is 0 Å². The van der Waals surface area contributed by atoms with Crippen LogP contribution in [0.5, 0.6) is 0 Å². The van der Waals surface area contributed by atoms with E-state index in [1.54, 1.807) is 0 Å². The molecule has 10 rings (SSSR count). The van der Waals surface area contributed by atoms with Gasteiger partial charge in [-0.3, -0.25) is 4.57 Å². The molecule has 0 saturated heterocycles. The van der Waals surface area contributed by atoms with Crippen LogP contribution in [0.2, 0.25) is 0 Å². The van der Waals surface area contributed by atoms with Gasteiger partial charge in [0.05, 0.1) is 22.4 Å². The van der Waals surface area contributed by atoms with E-state index in [1.807, 2.05) is 12.1 Å². The van der Waals surface area contributed by atoms with Crippen LogP contribution in [0.25, 0.3) is 93.7 Å². The van der Waals surface area contributed by atoms with E-state index in [4.69, 9.17) is 9.97 Å². The van der Waals surface area contributed by atoms with Gasteiger partial charge in [-0.05, 0) is 67.7 Å². The molecular formula is C44H27N3. The van der Waals surface area contributed by atoms with Gasteiger partial charge in [0, 0.05) is 21.9 Å². The summed E-state index contributed by atoms with van der Waals surface area (Å²) in [6.45, 7) is 0. The lowest BCUT2D eigenvalue weighted by molar-refractivity contribution is 0.996. The average molecular weight is 598 g/mol. The molecule has 0 N–H and O–H groups in total. The third-order valence-electron chi connectivity index (χ3n) is 9.54. The molecule has 0 aliphatic carbocycles. The van der Waals surface area contributed by atoms with Crippen LogP contribution in [0.4, 0.5) is 0 Å². The zero-order chi connectivity index (χ0) is 30.9. The van der Waals surface area contributed by atoms with Crippen LogP contribution in [-0.2, 0) is 0 Å². The number of aromatic nitrogens is 3. The minimum Gasteiger partial charge on any atom is -0.278 e. The zero-order valence-electron chi connectivity index (χ0n) is 25.4. The second-order valence-electron chi connectivity index (χ2n) is 12.2. The lowest BCUT2D eigenvalue weighted by Crippen LogP contribution is -2.04. The van der Waals surface area contributed by atoms with Crippen LogP contribution in [0.3, 0.4) is 0 Å². The van der Waals surface area contributed by atoms with Gasteiger partial charge in [0.1, 0.15) is 0 Å². The summed E-state index contributed by atoms with van der Waals surface area (Å²) in [5.74, 6) is 0.661. The van der Waals surface area contributed by atoms with Gasteiger partial charge in [-0.2, -0.15) is 0 Å². The Kier molecular flexibility index (Phi) is 5.57. The summed E-state index contributed by atoms with van der Waals surface area (Å²) < 4.78 is 2.29. The quantitative estimate of drug-likeness (QED) is 0.189. The van der Waals surface area contributed by atoms with E-state index in [2.05, 4.69) is 156 Å². The molecule has 0 unspecified atom stereocenters. The molecule has 2 aromatic heterocycles. The molecule has 0 aliphatic heterocycles. The summed E-state index contributed by atoms with van der Waals surface area (Å²) in [5, 5.41) is 10.0. The second-order valence-corrected chi connectivity index (χ2v) is 12.2. The van der Waals surface area contributed by atoms with E-state index in [0.717, 1.165) is 33.5 Å². The van der Waals surface area contributed by atoms with E-state index in [9.17, 15) is 0 Å². The summed E-state index contributed by atoms with van der Waals surface area (Å²) in [6.07, 6.45) is 0. The molecule has 0 atom stereocenters. The zero-order valence-corrected chi connectivity index (χ0v) is 25.4. The van der Waals surface area contributed by atoms with Gasteiger partial charge in [-0.25, -0.2) is 9.97 Å². The van der Waals surface area contributed by atoms with Crippen LogP contribution >= 0.6 is 0 Å². The fourth-order valence-corrected chi connectivity index (χ4v) is 7.45. The van der Waals surface area contributed by atoms with Crippen molar-refractivity contribution in [3.63, 3.8) is 0 Å². The van der Waals surface area contributed by atoms with Crippen LogP contribution in [-0.4, -0.2) is 14.5 Å². The molecule has 3 nitrogen and oxygen atoms in total. The predicted molar refractivity (Wildman–Crippen MR) is 196 cm³/mol. The Morgan fingerprint density at radius 3 is 1.64 bits per heavy atom.